The minimum Gasteiger partial charge on any atom is -0.776 e. The second-order valence-corrected chi connectivity index (χ2v) is 6.39. The van der Waals surface area contributed by atoms with E-state index in [-0.39, 0.29) is 29.6 Å². The molecule has 0 radical (unpaired) electrons. The number of aliphatic hydroxyl groups is 1. The minimum atomic E-state index is -5.65. The van der Waals surface area contributed by atoms with Gasteiger partial charge in [-0.05, 0) is 6.92 Å². The Hall–Kier alpha value is 1.22. The van der Waals surface area contributed by atoms with Crippen molar-refractivity contribution in [2.45, 2.75) is 18.0 Å². The molecule has 0 heterocycles. The maximum absolute atomic E-state index is 10.6. The third-order valence-corrected chi connectivity index (χ3v) is 5.50. The summed E-state index contributed by atoms with van der Waals surface area (Å²) >= 11 is 0. The molecular weight excluding hydrogens is 247 g/mol. The van der Waals surface area contributed by atoms with Crippen LogP contribution in [-0.2, 0) is 9.13 Å². The summed E-state index contributed by atoms with van der Waals surface area (Å²) < 4.78 is 21.1. The summed E-state index contributed by atoms with van der Waals surface area (Å²) in [7, 11) is -11.1. The Kier molecular flexibility index (Phi) is 6.33. The first-order valence-electron chi connectivity index (χ1n) is 3.02. The van der Waals surface area contributed by atoms with E-state index >= 15 is 0 Å². The molecule has 3 atom stereocenters. The standard InChI is InChI=1S/C3H11NO7P2.Na/c1-2(4)3(5,12(6,7)8)13(9,10)11;/h2,5H,4H2,1H3,(H2,6,7,8)(H2,9,10,11);/q;+1/p-1. The largest absolute Gasteiger partial charge is 1.00 e. The van der Waals surface area contributed by atoms with Crippen LogP contribution >= 0.6 is 15.2 Å². The quantitative estimate of drug-likeness (QED) is 0.247. The van der Waals surface area contributed by atoms with Gasteiger partial charge in [0.2, 0.25) is 5.08 Å². The molecule has 0 aliphatic rings. The normalized spacial score (nSPS) is 22.8. The van der Waals surface area contributed by atoms with E-state index in [1.54, 1.807) is 0 Å². The fraction of sp³-hybridized carbons (Fsp3) is 1.00. The molecule has 14 heavy (non-hydrogen) atoms. The maximum atomic E-state index is 10.6. The van der Waals surface area contributed by atoms with E-state index in [1.807, 2.05) is 0 Å². The van der Waals surface area contributed by atoms with Crippen LogP contribution < -0.4 is 40.2 Å². The first kappa shape index (κ1) is 17.6. The molecule has 0 aromatic carbocycles. The second kappa shape index (κ2) is 5.03. The number of hydrogen-bond donors (Lipinski definition) is 5. The average Bonchev–Trinajstić information content (AvgIpc) is 1.80. The molecule has 0 rings (SSSR count). The molecule has 80 valence electrons. The Bertz CT molecular complexity index is 259. The molecule has 0 aromatic rings. The molecule has 0 aliphatic heterocycles. The van der Waals surface area contributed by atoms with E-state index in [9.17, 15) is 14.0 Å². The third kappa shape index (κ3) is 3.10. The van der Waals surface area contributed by atoms with Crippen molar-refractivity contribution in [2.75, 3.05) is 0 Å². The van der Waals surface area contributed by atoms with E-state index in [1.165, 1.54) is 0 Å². The predicted molar refractivity (Wildman–Crippen MR) is 40.5 cm³/mol. The van der Waals surface area contributed by atoms with Gasteiger partial charge >= 0.3 is 37.2 Å². The van der Waals surface area contributed by atoms with E-state index in [2.05, 4.69) is 0 Å². The van der Waals surface area contributed by atoms with Gasteiger partial charge in [0.15, 0.2) is 7.60 Å². The first-order chi connectivity index (χ1) is 5.44. The Morgan fingerprint density at radius 1 is 1.36 bits per heavy atom. The topological polar surface area (TPSA) is 164 Å². The van der Waals surface area contributed by atoms with Gasteiger partial charge in [0.05, 0.1) is 6.04 Å². The van der Waals surface area contributed by atoms with E-state index in [0.29, 0.717) is 0 Å². The van der Waals surface area contributed by atoms with Crippen molar-refractivity contribution in [3.8, 4) is 0 Å². The molecule has 0 amide bonds. The summed E-state index contributed by atoms with van der Waals surface area (Å²) in [5.41, 5.74) is 4.87. The molecule has 0 fully saturated rings. The van der Waals surface area contributed by atoms with Crippen LogP contribution in [-0.4, -0.2) is 30.9 Å². The first-order valence-corrected chi connectivity index (χ1v) is 6.21. The zero-order valence-corrected chi connectivity index (χ0v) is 11.4. The summed E-state index contributed by atoms with van der Waals surface area (Å²) in [6.45, 7) is 0.847. The van der Waals surface area contributed by atoms with Gasteiger partial charge in [-0.2, -0.15) is 0 Å². The fourth-order valence-electron chi connectivity index (χ4n) is 0.687. The molecule has 6 N–H and O–H groups in total. The van der Waals surface area contributed by atoms with E-state index < -0.39 is 26.3 Å². The monoisotopic (exact) mass is 257 g/mol. The van der Waals surface area contributed by atoms with Gasteiger partial charge in [0.1, 0.15) is 0 Å². The molecule has 0 saturated carbocycles. The number of hydrogen-bond acceptors (Lipinski definition) is 5. The summed E-state index contributed by atoms with van der Waals surface area (Å²) in [4.78, 5) is 35.9. The average molecular weight is 257 g/mol. The number of nitrogens with two attached hydrogens (primary N) is 1. The van der Waals surface area contributed by atoms with Crippen molar-refractivity contribution >= 4 is 15.2 Å². The van der Waals surface area contributed by atoms with Gasteiger partial charge in [0, 0.05) is 0 Å². The van der Waals surface area contributed by atoms with Crippen molar-refractivity contribution in [3.05, 3.63) is 0 Å². The van der Waals surface area contributed by atoms with Crippen LogP contribution in [0.5, 0.6) is 0 Å². The van der Waals surface area contributed by atoms with Crippen LogP contribution in [0.2, 0.25) is 0 Å². The Labute approximate surface area is 102 Å². The van der Waals surface area contributed by atoms with E-state index in [4.69, 9.17) is 25.5 Å². The smallest absolute Gasteiger partial charge is 0.776 e. The molecule has 8 nitrogen and oxygen atoms in total. The summed E-state index contributed by atoms with van der Waals surface area (Å²) in [6, 6.07) is -1.82. The van der Waals surface area contributed by atoms with Crippen molar-refractivity contribution in [1.29, 1.82) is 0 Å². The van der Waals surface area contributed by atoms with Crippen LogP contribution in [0.3, 0.4) is 0 Å². The zero-order chi connectivity index (χ0) is 11.1. The summed E-state index contributed by atoms with van der Waals surface area (Å²) in [6.07, 6.45) is 0. The summed E-state index contributed by atoms with van der Waals surface area (Å²) in [5.74, 6) is 0. The van der Waals surface area contributed by atoms with Gasteiger partial charge in [-0.3, -0.25) is 4.57 Å². The van der Waals surface area contributed by atoms with Crippen molar-refractivity contribution in [2.24, 2.45) is 5.73 Å². The minimum absolute atomic E-state index is 0. The molecule has 3 unspecified atom stereocenters. The summed E-state index contributed by atoms with van der Waals surface area (Å²) in [5, 5.41) is 5.42. The predicted octanol–water partition coefficient (Wildman–Crippen LogP) is -5.29. The third-order valence-electron chi connectivity index (χ3n) is 1.46. The molecule has 0 aromatic heterocycles. The Balaban J connectivity index is 0. The molecule has 0 saturated heterocycles. The van der Waals surface area contributed by atoms with Crippen molar-refractivity contribution in [1.82, 2.24) is 0 Å². The molecule has 0 spiro atoms. The second-order valence-electron chi connectivity index (χ2n) is 2.54. The Morgan fingerprint density at radius 2 is 1.64 bits per heavy atom. The zero-order valence-electron chi connectivity index (χ0n) is 7.56. The van der Waals surface area contributed by atoms with Crippen LogP contribution in [0.25, 0.3) is 0 Å². The molecular formula is C3H10NNaO7P2. The molecule has 0 aliphatic carbocycles. The van der Waals surface area contributed by atoms with Crippen molar-refractivity contribution in [3.63, 3.8) is 0 Å². The SMILES string of the molecule is CC(N)C(O)(P(=O)([O-])O)P(=O)(O)O.[Na+]. The molecule has 0 bridgehead atoms. The fourth-order valence-corrected chi connectivity index (χ4v) is 3.05. The van der Waals surface area contributed by atoms with Gasteiger partial charge in [-0.1, -0.05) is 0 Å². The maximum Gasteiger partial charge on any atom is 1.00 e. The van der Waals surface area contributed by atoms with E-state index in [0.717, 1.165) is 6.92 Å². The number of rotatable bonds is 3. The van der Waals surface area contributed by atoms with Gasteiger partial charge in [-0.25, -0.2) is 0 Å². The van der Waals surface area contributed by atoms with Crippen LogP contribution in [0.1, 0.15) is 6.92 Å². The van der Waals surface area contributed by atoms with Gasteiger partial charge in [0.25, 0.3) is 0 Å². The van der Waals surface area contributed by atoms with Gasteiger partial charge in [-0.15, -0.1) is 0 Å². The van der Waals surface area contributed by atoms with Crippen LogP contribution in [0.4, 0.5) is 0 Å². The van der Waals surface area contributed by atoms with Crippen LogP contribution in [0.15, 0.2) is 0 Å². The van der Waals surface area contributed by atoms with Crippen molar-refractivity contribution < 1.29 is 63.4 Å². The van der Waals surface area contributed by atoms with Crippen LogP contribution in [0, 0.1) is 0 Å². The van der Waals surface area contributed by atoms with Gasteiger partial charge < -0.3 is 35.0 Å². The Morgan fingerprint density at radius 3 is 1.64 bits per heavy atom. The molecule has 11 heteroatoms.